The number of aromatic nitrogens is 3. The largest absolute Gasteiger partial charge is 0.468 e. The van der Waals surface area contributed by atoms with Gasteiger partial charge in [-0.25, -0.2) is 13.6 Å². The minimum atomic E-state index is -0.741. The maximum absolute atomic E-state index is 17.4. The van der Waals surface area contributed by atoms with Gasteiger partial charge in [-0.15, -0.1) is 6.42 Å². The lowest BCUT2D eigenvalue weighted by molar-refractivity contribution is 0.0122. The third-order valence-electron chi connectivity index (χ3n) is 11.8. The molecule has 9 rings (SSSR count). The summed E-state index contributed by atoms with van der Waals surface area (Å²) in [5.41, 5.74) is 0.502. The van der Waals surface area contributed by atoms with Crippen molar-refractivity contribution in [1.29, 1.82) is 0 Å². The lowest BCUT2D eigenvalue weighted by Crippen LogP contribution is -2.57. The zero-order valence-corrected chi connectivity index (χ0v) is 31.5. The second-order valence-corrected chi connectivity index (χ2v) is 16.7. The van der Waals surface area contributed by atoms with Gasteiger partial charge in [0.05, 0.1) is 28.6 Å². The Hall–Kier alpha value is -5.06. The number of hydrogen-bond acceptors (Lipinski definition) is 10. The van der Waals surface area contributed by atoms with Gasteiger partial charge in [0, 0.05) is 49.9 Å². The van der Waals surface area contributed by atoms with E-state index in [9.17, 15) is 4.79 Å². The smallest absolute Gasteiger partial charge is 0.410 e. The first-order valence-electron chi connectivity index (χ1n) is 18.9. The number of piperazine rings is 1. The summed E-state index contributed by atoms with van der Waals surface area (Å²) in [7, 11) is 1.49. The number of rotatable bonds is 8. The summed E-state index contributed by atoms with van der Waals surface area (Å²) in [5.74, 6) is 2.58. The van der Waals surface area contributed by atoms with Gasteiger partial charge >= 0.3 is 12.1 Å². The molecule has 0 N–H and O–H groups in total. The van der Waals surface area contributed by atoms with E-state index in [0.29, 0.717) is 59.4 Å². The zero-order chi connectivity index (χ0) is 38.4. The van der Waals surface area contributed by atoms with Crippen LogP contribution in [0.2, 0.25) is 0 Å². The molecule has 3 unspecified atom stereocenters. The van der Waals surface area contributed by atoms with Crippen LogP contribution in [-0.2, 0) is 9.47 Å². The predicted octanol–water partition coefficient (Wildman–Crippen LogP) is 6.85. The van der Waals surface area contributed by atoms with E-state index in [1.807, 2.05) is 25.7 Å². The van der Waals surface area contributed by atoms with Crippen LogP contribution in [0.3, 0.4) is 0 Å². The zero-order valence-electron chi connectivity index (χ0n) is 31.5. The molecule has 5 aliphatic rings. The predicted molar refractivity (Wildman–Crippen MR) is 203 cm³/mol. The molecule has 4 aliphatic heterocycles. The summed E-state index contributed by atoms with van der Waals surface area (Å²) in [5, 5.41) is 1.25. The monoisotopic (exact) mass is 750 g/mol. The maximum Gasteiger partial charge on any atom is 0.410 e. The minimum absolute atomic E-state index is 0.00130. The molecule has 1 amide bonds. The van der Waals surface area contributed by atoms with E-state index in [4.69, 9.17) is 35.3 Å². The van der Waals surface area contributed by atoms with Gasteiger partial charge in [0.1, 0.15) is 40.8 Å². The first-order chi connectivity index (χ1) is 26.4. The van der Waals surface area contributed by atoms with Crippen LogP contribution in [0.5, 0.6) is 11.8 Å². The molecule has 286 valence electrons. The molecule has 0 spiro atoms. The molecule has 1 saturated carbocycles. The number of carbonyl (C=O) groups excluding carboxylic acids is 1. The summed E-state index contributed by atoms with van der Waals surface area (Å²) < 4.78 is 55.7. The van der Waals surface area contributed by atoms with Crippen LogP contribution in [0.4, 0.5) is 19.4 Å². The van der Waals surface area contributed by atoms with Crippen LogP contribution in [0.1, 0.15) is 58.4 Å². The lowest BCUT2D eigenvalue weighted by atomic mass is 9.92. The Bertz CT molecular complexity index is 2290. The Kier molecular flexibility index (Phi) is 8.44. The first kappa shape index (κ1) is 35.6. The highest BCUT2D eigenvalue weighted by Gasteiger charge is 2.62. The normalized spacial score (nSPS) is 25.7. The van der Waals surface area contributed by atoms with Crippen molar-refractivity contribution < 1.29 is 32.5 Å². The molecule has 13 heteroatoms. The molecule has 2 aromatic carbocycles. The number of amides is 1. The number of methoxy groups -OCH3 is 1. The van der Waals surface area contributed by atoms with Crippen LogP contribution < -0.4 is 14.4 Å². The third kappa shape index (κ3) is 6.10. The van der Waals surface area contributed by atoms with E-state index in [1.54, 1.807) is 24.4 Å². The fraction of sp³-hybridized carbons (Fsp3) is 0.476. The summed E-state index contributed by atoms with van der Waals surface area (Å²) in [6, 6.07) is 6.47. The van der Waals surface area contributed by atoms with Gasteiger partial charge in [-0.05, 0) is 82.4 Å². The fourth-order valence-corrected chi connectivity index (χ4v) is 9.56. The molecule has 5 fully saturated rings. The van der Waals surface area contributed by atoms with E-state index in [2.05, 4.69) is 27.3 Å². The first-order valence-corrected chi connectivity index (χ1v) is 18.9. The van der Waals surface area contributed by atoms with Gasteiger partial charge in [-0.1, -0.05) is 24.1 Å². The molecule has 6 heterocycles. The van der Waals surface area contributed by atoms with Crippen LogP contribution >= 0.6 is 0 Å². The molecule has 5 atom stereocenters. The van der Waals surface area contributed by atoms with Crippen molar-refractivity contribution in [3.05, 3.63) is 59.8 Å². The SMILES string of the molecule is C#Cc1c(F)ccc2cc(OCOC)cc(-c3ncc4c(N5CC6CCC(C5)N6C(=O)OC(C)(C)C)nc(OCC56CC(=C)CN5[C@H]5C[C@H]5C6)nc4c3F)c12. The number of benzene rings is 2. The van der Waals surface area contributed by atoms with Crippen molar-refractivity contribution in [2.24, 2.45) is 5.92 Å². The highest BCUT2D eigenvalue weighted by Crippen LogP contribution is 2.57. The molecule has 1 aliphatic carbocycles. The number of anilines is 1. The second kappa shape index (κ2) is 13.0. The third-order valence-corrected chi connectivity index (χ3v) is 11.8. The van der Waals surface area contributed by atoms with Gasteiger partial charge in [0.2, 0.25) is 0 Å². The van der Waals surface area contributed by atoms with Gasteiger partial charge in [-0.3, -0.25) is 14.8 Å². The molecule has 55 heavy (non-hydrogen) atoms. The Morgan fingerprint density at radius 3 is 2.64 bits per heavy atom. The Morgan fingerprint density at radius 1 is 1.13 bits per heavy atom. The summed E-state index contributed by atoms with van der Waals surface area (Å²) in [6.07, 6.45) is 11.7. The van der Waals surface area contributed by atoms with Gasteiger partial charge in [0.15, 0.2) is 12.6 Å². The van der Waals surface area contributed by atoms with E-state index >= 15 is 8.78 Å². The number of pyridine rings is 1. The highest BCUT2D eigenvalue weighted by molar-refractivity contribution is 6.03. The van der Waals surface area contributed by atoms with E-state index < -0.39 is 17.2 Å². The Balaban J connectivity index is 1.15. The molecule has 4 aromatic rings. The lowest BCUT2D eigenvalue weighted by Gasteiger charge is -2.42. The molecule has 2 bridgehead atoms. The van der Waals surface area contributed by atoms with Crippen molar-refractivity contribution >= 4 is 33.6 Å². The summed E-state index contributed by atoms with van der Waals surface area (Å²) in [6.45, 7) is 11.9. The highest BCUT2D eigenvalue weighted by atomic mass is 19.1. The molecule has 2 aromatic heterocycles. The van der Waals surface area contributed by atoms with Crippen LogP contribution in [0, 0.1) is 29.9 Å². The number of hydrogen-bond donors (Lipinski definition) is 0. The Morgan fingerprint density at radius 2 is 1.91 bits per heavy atom. The van der Waals surface area contributed by atoms with Crippen molar-refractivity contribution in [1.82, 2.24) is 24.8 Å². The number of piperidine rings is 1. The topological polar surface area (TPSA) is 102 Å². The fourth-order valence-electron chi connectivity index (χ4n) is 9.56. The van der Waals surface area contributed by atoms with Crippen LogP contribution in [0.25, 0.3) is 32.9 Å². The number of nitrogens with zero attached hydrogens (tertiary/aromatic N) is 6. The quantitative estimate of drug-likeness (QED) is 0.108. The number of terminal acetylenes is 1. The number of halogens is 2. The molecule has 4 saturated heterocycles. The average Bonchev–Trinajstić information content (AvgIpc) is 3.61. The van der Waals surface area contributed by atoms with E-state index in [1.165, 1.54) is 25.2 Å². The molecule has 11 nitrogen and oxygen atoms in total. The van der Waals surface area contributed by atoms with E-state index in [-0.39, 0.29) is 58.9 Å². The van der Waals surface area contributed by atoms with Crippen molar-refractivity contribution in [3.8, 4) is 35.4 Å². The van der Waals surface area contributed by atoms with Crippen LogP contribution in [-0.4, -0.2) is 100 Å². The van der Waals surface area contributed by atoms with Gasteiger partial charge < -0.3 is 23.8 Å². The minimum Gasteiger partial charge on any atom is -0.468 e. The average molecular weight is 751 g/mol. The number of fused-ring (bicyclic) bond motifs is 7. The maximum atomic E-state index is 17.4. The number of ether oxygens (including phenoxy) is 4. The Labute approximate surface area is 318 Å². The van der Waals surface area contributed by atoms with Crippen molar-refractivity contribution in [2.75, 3.05) is 45.0 Å². The van der Waals surface area contributed by atoms with Crippen molar-refractivity contribution in [3.63, 3.8) is 0 Å². The molecular weight excluding hydrogens is 706 g/mol. The summed E-state index contributed by atoms with van der Waals surface area (Å²) in [4.78, 5) is 34.1. The number of carbonyl (C=O) groups is 1. The molecule has 0 radical (unpaired) electrons. The second-order valence-electron chi connectivity index (χ2n) is 16.7. The summed E-state index contributed by atoms with van der Waals surface area (Å²) >= 11 is 0. The van der Waals surface area contributed by atoms with E-state index in [0.717, 1.165) is 32.2 Å². The standard InChI is InChI=1S/C42H44F2N6O5/c1-7-29-32(43)11-8-24-12-28(54-22-52-6)14-30(34(24)29)36-35(44)37-31(17-45-36)38(48-19-26-9-10-27(20-48)50(26)40(51)55-41(3,4)5)47-39(46-37)53-21-42-15-23(2)18-49(42)33-13-25(33)16-42/h1,8,11-12,14,17,25-27,33H,2,9-10,13,15-16,18-22H2,3-6H3/t25-,26?,27?,33-,42?/m0/s1. The van der Waals surface area contributed by atoms with Gasteiger partial charge in [-0.2, -0.15) is 9.97 Å². The molecular formula is C42H44F2N6O5. The van der Waals surface area contributed by atoms with Crippen LogP contribution in [0.15, 0.2) is 42.6 Å². The van der Waals surface area contributed by atoms with Gasteiger partial charge in [0.25, 0.3) is 0 Å². The van der Waals surface area contributed by atoms with Crippen molar-refractivity contribution in [2.45, 2.75) is 82.1 Å².